The summed E-state index contributed by atoms with van der Waals surface area (Å²) < 4.78 is 39.8. The minimum Gasteiger partial charge on any atom is -0.356 e. The number of hydrogen-bond donors (Lipinski definition) is 3. The third-order valence-electron chi connectivity index (χ3n) is 4.83. The lowest BCUT2D eigenvalue weighted by molar-refractivity contribution is -0.115. The molecule has 1 amide bonds. The molecule has 0 unspecified atom stereocenters. The highest BCUT2D eigenvalue weighted by Gasteiger charge is 2.44. The third kappa shape index (κ3) is 5.78. The lowest BCUT2D eigenvalue weighted by atomic mass is 9.96. The quantitative estimate of drug-likeness (QED) is 0.218. The molecule has 0 bridgehead atoms. The highest BCUT2D eigenvalue weighted by Crippen LogP contribution is 2.48. The van der Waals surface area contributed by atoms with Crippen LogP contribution >= 0.6 is 35.6 Å². The van der Waals surface area contributed by atoms with Crippen LogP contribution in [-0.2, 0) is 10.2 Å². The van der Waals surface area contributed by atoms with Crippen molar-refractivity contribution < 1.29 is 18.0 Å². The van der Waals surface area contributed by atoms with Crippen LogP contribution in [0.4, 0.5) is 18.9 Å². The summed E-state index contributed by atoms with van der Waals surface area (Å²) in [6.07, 6.45) is 2.01. The molecule has 30 heavy (non-hydrogen) atoms. The lowest BCUT2D eigenvalue weighted by Crippen LogP contribution is -2.44. The Balaban J connectivity index is 0.00000320. The van der Waals surface area contributed by atoms with E-state index in [0.717, 1.165) is 30.5 Å². The number of guanidine groups is 1. The van der Waals surface area contributed by atoms with Gasteiger partial charge in [0.05, 0.1) is 12.2 Å². The second-order valence-corrected chi connectivity index (χ2v) is 7.28. The molecule has 2 aromatic carbocycles. The second-order valence-electron chi connectivity index (χ2n) is 6.84. The number of aliphatic imine (C=N–C) groups is 1. The van der Waals surface area contributed by atoms with E-state index in [9.17, 15) is 18.0 Å². The molecule has 0 aromatic heterocycles. The van der Waals surface area contributed by atoms with Gasteiger partial charge in [-0.15, -0.1) is 24.0 Å². The zero-order valence-corrected chi connectivity index (χ0v) is 19.2. The number of nitrogens with one attached hydrogen (secondary N) is 3. The van der Waals surface area contributed by atoms with Crippen molar-refractivity contribution in [3.63, 3.8) is 0 Å². The fraction of sp³-hybridized carbons (Fsp3) is 0.300. The Bertz CT molecular complexity index is 954. The first kappa shape index (κ1) is 24.3. The van der Waals surface area contributed by atoms with Gasteiger partial charge in [0.2, 0.25) is 5.91 Å². The predicted octanol–water partition coefficient (Wildman–Crippen LogP) is 4.21. The van der Waals surface area contributed by atoms with Gasteiger partial charge >= 0.3 is 0 Å². The van der Waals surface area contributed by atoms with E-state index in [1.165, 1.54) is 0 Å². The van der Waals surface area contributed by atoms with E-state index < -0.39 is 29.0 Å². The molecule has 5 nitrogen and oxygen atoms in total. The molecule has 1 aliphatic carbocycles. The number of amides is 1. The molecule has 2 aromatic rings. The Morgan fingerprint density at radius 2 is 1.87 bits per heavy atom. The monoisotopic (exact) mass is 552 g/mol. The van der Waals surface area contributed by atoms with Gasteiger partial charge in [-0.1, -0.05) is 23.7 Å². The van der Waals surface area contributed by atoms with E-state index in [-0.39, 0.29) is 35.9 Å². The molecule has 3 rings (SSSR count). The highest BCUT2D eigenvalue weighted by molar-refractivity contribution is 14.0. The van der Waals surface area contributed by atoms with Crippen LogP contribution in [0.15, 0.2) is 41.4 Å². The van der Waals surface area contributed by atoms with E-state index >= 15 is 0 Å². The molecule has 0 atom stereocenters. The van der Waals surface area contributed by atoms with Gasteiger partial charge in [-0.3, -0.25) is 9.79 Å². The van der Waals surface area contributed by atoms with Crippen LogP contribution in [0.5, 0.6) is 0 Å². The average molecular weight is 553 g/mol. The van der Waals surface area contributed by atoms with Crippen LogP contribution in [0.1, 0.15) is 18.4 Å². The first-order valence-corrected chi connectivity index (χ1v) is 9.36. The van der Waals surface area contributed by atoms with Crippen LogP contribution < -0.4 is 16.0 Å². The van der Waals surface area contributed by atoms with Gasteiger partial charge in [-0.05, 0) is 42.7 Å². The van der Waals surface area contributed by atoms with E-state index in [1.807, 2.05) is 24.3 Å². The van der Waals surface area contributed by atoms with Gasteiger partial charge in [0, 0.05) is 24.0 Å². The van der Waals surface area contributed by atoms with Crippen LogP contribution in [-0.4, -0.2) is 32.0 Å². The summed E-state index contributed by atoms with van der Waals surface area (Å²) in [7, 11) is 1.56. The minimum atomic E-state index is -1.64. The second kappa shape index (κ2) is 10.3. The van der Waals surface area contributed by atoms with Gasteiger partial charge in [0.15, 0.2) is 23.4 Å². The number of rotatable bonds is 6. The molecule has 0 radical (unpaired) electrons. The summed E-state index contributed by atoms with van der Waals surface area (Å²) in [5, 5.41) is 8.85. The first-order chi connectivity index (χ1) is 13.8. The molecule has 0 aliphatic heterocycles. The van der Waals surface area contributed by atoms with Crippen molar-refractivity contribution in [2.24, 2.45) is 4.99 Å². The van der Waals surface area contributed by atoms with Crippen molar-refractivity contribution in [2.75, 3.05) is 25.5 Å². The largest absolute Gasteiger partial charge is 0.356 e. The first-order valence-electron chi connectivity index (χ1n) is 8.98. The number of carbonyl (C=O) groups is 1. The van der Waals surface area contributed by atoms with Gasteiger partial charge in [-0.2, -0.15) is 0 Å². The molecule has 162 valence electrons. The number of carbonyl (C=O) groups excluding carboxylic acids is 1. The summed E-state index contributed by atoms with van der Waals surface area (Å²) in [5.41, 5.74) is 0.676. The molecule has 0 heterocycles. The fourth-order valence-corrected chi connectivity index (χ4v) is 3.18. The van der Waals surface area contributed by atoms with Crippen molar-refractivity contribution in [3.8, 4) is 0 Å². The maximum absolute atomic E-state index is 13.6. The molecule has 3 N–H and O–H groups in total. The van der Waals surface area contributed by atoms with E-state index in [0.29, 0.717) is 17.5 Å². The molecular formula is C20H21ClF3IN4O. The molecule has 0 saturated heterocycles. The summed E-state index contributed by atoms with van der Waals surface area (Å²) in [4.78, 5) is 16.1. The summed E-state index contributed by atoms with van der Waals surface area (Å²) in [6.45, 7) is 0.370. The number of anilines is 1. The van der Waals surface area contributed by atoms with Crippen molar-refractivity contribution in [2.45, 2.75) is 18.3 Å². The molecule has 10 heteroatoms. The lowest BCUT2D eigenvalue weighted by Gasteiger charge is -2.19. The Kier molecular flexibility index (Phi) is 8.36. The zero-order valence-electron chi connectivity index (χ0n) is 16.1. The SMILES string of the molecule is CN=C(NCC(=O)Nc1ccc(F)c(F)c1F)NCC1(c2cccc(Cl)c2)CC1.I. The summed E-state index contributed by atoms with van der Waals surface area (Å²) >= 11 is 6.08. The Hall–Kier alpha value is -2.01. The van der Waals surface area contributed by atoms with E-state index in [4.69, 9.17) is 11.6 Å². The molecular weight excluding hydrogens is 532 g/mol. The molecule has 1 saturated carbocycles. The molecule has 1 fully saturated rings. The minimum absolute atomic E-state index is 0. The number of halogens is 5. The van der Waals surface area contributed by atoms with Crippen molar-refractivity contribution in [1.29, 1.82) is 0 Å². The molecule has 1 aliphatic rings. The van der Waals surface area contributed by atoms with Crippen molar-refractivity contribution in [3.05, 3.63) is 64.4 Å². The van der Waals surface area contributed by atoms with Gasteiger partial charge in [0.25, 0.3) is 0 Å². The van der Waals surface area contributed by atoms with Crippen molar-refractivity contribution in [1.82, 2.24) is 10.6 Å². The standard InChI is InChI=1S/C20H20ClF3N4O.HI/c1-25-19(27-11-20(7-8-20)12-3-2-4-13(21)9-12)26-10-16(29)28-15-6-5-14(22)17(23)18(15)24;/h2-6,9H,7-8,10-11H2,1H3,(H,28,29)(H2,25,26,27);1H. The molecule has 0 spiro atoms. The van der Waals surface area contributed by atoms with Crippen LogP contribution in [0.25, 0.3) is 0 Å². The number of nitrogens with zero attached hydrogens (tertiary/aromatic N) is 1. The van der Waals surface area contributed by atoms with Crippen LogP contribution in [0, 0.1) is 17.5 Å². The topological polar surface area (TPSA) is 65.5 Å². The van der Waals surface area contributed by atoms with Crippen molar-refractivity contribution >= 4 is 53.1 Å². The van der Waals surface area contributed by atoms with E-state index in [1.54, 1.807) is 7.05 Å². The normalized spacial score (nSPS) is 14.5. The van der Waals surface area contributed by atoms with Crippen LogP contribution in [0.2, 0.25) is 5.02 Å². The number of hydrogen-bond acceptors (Lipinski definition) is 2. The van der Waals surface area contributed by atoms with Crippen LogP contribution in [0.3, 0.4) is 0 Å². The Labute approximate surface area is 194 Å². The fourth-order valence-electron chi connectivity index (χ4n) is 2.99. The maximum atomic E-state index is 13.6. The van der Waals surface area contributed by atoms with Gasteiger partial charge in [-0.25, -0.2) is 13.2 Å². The maximum Gasteiger partial charge on any atom is 0.243 e. The summed E-state index contributed by atoms with van der Waals surface area (Å²) in [5.74, 6) is -4.65. The van der Waals surface area contributed by atoms with E-state index in [2.05, 4.69) is 20.9 Å². The van der Waals surface area contributed by atoms with Gasteiger partial charge in [0.1, 0.15) is 0 Å². The predicted molar refractivity (Wildman–Crippen MR) is 122 cm³/mol. The highest BCUT2D eigenvalue weighted by atomic mass is 127. The Morgan fingerprint density at radius 1 is 1.13 bits per heavy atom. The average Bonchev–Trinajstić information content (AvgIpc) is 3.50. The smallest absolute Gasteiger partial charge is 0.243 e. The van der Waals surface area contributed by atoms with Gasteiger partial charge < -0.3 is 16.0 Å². The number of benzene rings is 2. The Morgan fingerprint density at radius 3 is 2.50 bits per heavy atom. The zero-order chi connectivity index (χ0) is 21.0. The summed E-state index contributed by atoms with van der Waals surface area (Å²) in [6, 6.07) is 9.40. The third-order valence-corrected chi connectivity index (χ3v) is 5.07.